The van der Waals surface area contributed by atoms with Crippen molar-refractivity contribution in [1.82, 2.24) is 10.2 Å². The molecule has 0 bridgehead atoms. The highest BCUT2D eigenvalue weighted by Crippen LogP contribution is 2.34. The summed E-state index contributed by atoms with van der Waals surface area (Å²) in [5.41, 5.74) is 5.19. The monoisotopic (exact) mass is 281 g/mol. The van der Waals surface area contributed by atoms with Gasteiger partial charge in [0.05, 0.1) is 5.54 Å². The highest BCUT2D eigenvalue weighted by molar-refractivity contribution is 5.85. The van der Waals surface area contributed by atoms with Crippen LogP contribution >= 0.6 is 0 Å². The summed E-state index contributed by atoms with van der Waals surface area (Å²) in [7, 11) is 2.22. The maximum absolute atomic E-state index is 11.8. The van der Waals surface area contributed by atoms with E-state index in [2.05, 4.69) is 17.3 Å². The fourth-order valence-electron chi connectivity index (χ4n) is 4.13. The van der Waals surface area contributed by atoms with Crippen LogP contribution in [-0.4, -0.2) is 42.5 Å². The van der Waals surface area contributed by atoms with Crippen LogP contribution in [0.5, 0.6) is 0 Å². The molecule has 20 heavy (non-hydrogen) atoms. The number of amides is 1. The molecule has 4 nitrogen and oxygen atoms in total. The summed E-state index contributed by atoms with van der Waals surface area (Å²) < 4.78 is 0. The number of likely N-dealkylation sites (N-methyl/N-ethyl adjacent to an activating group) is 1. The molecule has 0 aromatic rings. The zero-order valence-corrected chi connectivity index (χ0v) is 13.2. The van der Waals surface area contributed by atoms with Crippen molar-refractivity contribution in [1.29, 1.82) is 0 Å². The van der Waals surface area contributed by atoms with Gasteiger partial charge in [-0.05, 0) is 51.6 Å². The molecule has 0 spiro atoms. The summed E-state index contributed by atoms with van der Waals surface area (Å²) >= 11 is 0. The quantitative estimate of drug-likeness (QED) is 0.781. The van der Waals surface area contributed by atoms with E-state index >= 15 is 0 Å². The smallest absolute Gasteiger partial charge is 0.237 e. The van der Waals surface area contributed by atoms with E-state index in [1.165, 1.54) is 38.6 Å². The molecule has 0 heterocycles. The van der Waals surface area contributed by atoms with Crippen molar-refractivity contribution >= 4 is 5.91 Å². The third kappa shape index (κ3) is 3.53. The van der Waals surface area contributed by atoms with Gasteiger partial charge in [0.1, 0.15) is 0 Å². The zero-order valence-electron chi connectivity index (χ0n) is 13.2. The first-order chi connectivity index (χ1) is 9.57. The van der Waals surface area contributed by atoms with Crippen LogP contribution in [0.4, 0.5) is 0 Å². The van der Waals surface area contributed by atoms with Gasteiger partial charge in [0.2, 0.25) is 5.91 Å². The second kappa shape index (κ2) is 6.90. The molecule has 0 saturated heterocycles. The Bertz CT molecular complexity index is 328. The Balaban J connectivity index is 1.88. The number of hydrogen-bond donors (Lipinski definition) is 2. The van der Waals surface area contributed by atoms with Crippen molar-refractivity contribution in [3.8, 4) is 0 Å². The summed E-state index contributed by atoms with van der Waals surface area (Å²) in [4.78, 5) is 14.3. The number of primary amides is 1. The van der Waals surface area contributed by atoms with Crippen LogP contribution in [0.2, 0.25) is 0 Å². The summed E-state index contributed by atoms with van der Waals surface area (Å²) in [6, 6.07) is 0.503. The third-order valence-corrected chi connectivity index (χ3v) is 5.37. The van der Waals surface area contributed by atoms with E-state index in [0.717, 1.165) is 31.7 Å². The van der Waals surface area contributed by atoms with E-state index in [4.69, 9.17) is 5.73 Å². The molecule has 2 aliphatic carbocycles. The first-order valence-electron chi connectivity index (χ1n) is 8.32. The average Bonchev–Trinajstić information content (AvgIpc) is 2.86. The lowest BCUT2D eigenvalue weighted by atomic mass is 9.88. The lowest BCUT2D eigenvalue weighted by Gasteiger charge is -2.32. The molecule has 2 fully saturated rings. The first-order valence-corrected chi connectivity index (χ1v) is 8.32. The Labute approximate surface area is 123 Å². The molecule has 116 valence electrons. The van der Waals surface area contributed by atoms with Crippen molar-refractivity contribution < 1.29 is 4.79 Å². The number of nitrogens with zero attached hydrogens (tertiary/aromatic N) is 1. The van der Waals surface area contributed by atoms with Gasteiger partial charge in [-0.15, -0.1) is 0 Å². The molecule has 2 unspecified atom stereocenters. The number of nitrogens with one attached hydrogen (secondary N) is 1. The van der Waals surface area contributed by atoms with Gasteiger partial charge >= 0.3 is 0 Å². The Morgan fingerprint density at radius 2 is 2.00 bits per heavy atom. The molecule has 4 heteroatoms. The Morgan fingerprint density at radius 3 is 2.60 bits per heavy atom. The minimum Gasteiger partial charge on any atom is -0.368 e. The predicted molar refractivity (Wildman–Crippen MR) is 82.4 cm³/mol. The van der Waals surface area contributed by atoms with Crippen LogP contribution in [0.3, 0.4) is 0 Å². The Hall–Kier alpha value is -0.610. The molecule has 0 aliphatic heterocycles. The van der Waals surface area contributed by atoms with Gasteiger partial charge in [0, 0.05) is 12.6 Å². The van der Waals surface area contributed by atoms with Crippen molar-refractivity contribution in [3.63, 3.8) is 0 Å². The van der Waals surface area contributed by atoms with Crippen molar-refractivity contribution in [3.05, 3.63) is 0 Å². The molecule has 2 aliphatic rings. The van der Waals surface area contributed by atoms with E-state index in [1.54, 1.807) is 0 Å². The van der Waals surface area contributed by atoms with E-state index in [0.29, 0.717) is 6.04 Å². The fraction of sp³-hybridized carbons (Fsp3) is 0.938. The maximum atomic E-state index is 11.8. The molecule has 0 aromatic carbocycles. The molecule has 2 saturated carbocycles. The molecule has 2 atom stereocenters. The second-order valence-electron chi connectivity index (χ2n) is 6.82. The fourth-order valence-corrected chi connectivity index (χ4v) is 4.13. The standard InChI is InChI=1S/C16H31N3O/c1-3-18-16(15(17)20)10-9-14(11-16)19(2)12-13-7-5-4-6-8-13/h13-14,18H,3-12H2,1-2H3,(H2,17,20). The second-order valence-corrected chi connectivity index (χ2v) is 6.82. The summed E-state index contributed by atoms with van der Waals surface area (Å²) in [6.07, 6.45) is 9.80. The zero-order chi connectivity index (χ0) is 14.6. The number of carbonyl (C=O) groups excluding carboxylic acids is 1. The largest absolute Gasteiger partial charge is 0.368 e. The van der Waals surface area contributed by atoms with E-state index < -0.39 is 5.54 Å². The summed E-state index contributed by atoms with van der Waals surface area (Å²) in [5, 5.41) is 3.34. The average molecular weight is 281 g/mol. The number of nitrogens with two attached hydrogens (primary N) is 1. The van der Waals surface area contributed by atoms with Crippen LogP contribution in [-0.2, 0) is 4.79 Å². The Kier molecular flexibility index (Phi) is 5.44. The molecular weight excluding hydrogens is 250 g/mol. The van der Waals surface area contributed by atoms with E-state index in [-0.39, 0.29) is 5.91 Å². The van der Waals surface area contributed by atoms with Crippen molar-refractivity contribution in [2.24, 2.45) is 11.7 Å². The number of hydrogen-bond acceptors (Lipinski definition) is 3. The minimum atomic E-state index is -0.458. The van der Waals surface area contributed by atoms with Gasteiger partial charge in [0.15, 0.2) is 0 Å². The molecular formula is C16H31N3O. The highest BCUT2D eigenvalue weighted by Gasteiger charge is 2.44. The van der Waals surface area contributed by atoms with E-state index in [9.17, 15) is 4.79 Å². The number of carbonyl (C=O) groups is 1. The summed E-state index contributed by atoms with van der Waals surface area (Å²) in [6.45, 7) is 4.04. The van der Waals surface area contributed by atoms with Gasteiger partial charge in [-0.2, -0.15) is 0 Å². The SMILES string of the molecule is CCNC1(C(N)=O)CCC(N(C)CC2CCCCC2)C1. The minimum absolute atomic E-state index is 0.173. The maximum Gasteiger partial charge on any atom is 0.237 e. The highest BCUT2D eigenvalue weighted by atomic mass is 16.1. The molecule has 1 amide bonds. The van der Waals surface area contributed by atoms with Crippen LogP contribution in [0.25, 0.3) is 0 Å². The molecule has 0 radical (unpaired) electrons. The van der Waals surface area contributed by atoms with E-state index in [1.807, 2.05) is 6.92 Å². The van der Waals surface area contributed by atoms with Crippen LogP contribution in [0.1, 0.15) is 58.3 Å². The van der Waals surface area contributed by atoms with Crippen molar-refractivity contribution in [2.75, 3.05) is 20.1 Å². The van der Waals surface area contributed by atoms with Gasteiger partial charge in [-0.1, -0.05) is 26.2 Å². The van der Waals surface area contributed by atoms with Gasteiger partial charge < -0.3 is 16.0 Å². The van der Waals surface area contributed by atoms with Gasteiger partial charge in [0.25, 0.3) is 0 Å². The molecule has 2 rings (SSSR count). The normalized spacial score (nSPS) is 31.9. The first kappa shape index (κ1) is 15.8. The van der Waals surface area contributed by atoms with Crippen LogP contribution in [0.15, 0.2) is 0 Å². The van der Waals surface area contributed by atoms with Crippen molar-refractivity contribution in [2.45, 2.75) is 69.9 Å². The van der Waals surface area contributed by atoms with Crippen LogP contribution in [0, 0.1) is 5.92 Å². The third-order valence-electron chi connectivity index (χ3n) is 5.37. The van der Waals surface area contributed by atoms with Gasteiger partial charge in [-0.3, -0.25) is 4.79 Å². The Morgan fingerprint density at radius 1 is 1.30 bits per heavy atom. The topological polar surface area (TPSA) is 58.4 Å². The molecule has 3 N–H and O–H groups in total. The summed E-state index contributed by atoms with van der Waals surface area (Å²) in [5.74, 6) is 0.685. The number of rotatable bonds is 6. The molecule has 0 aromatic heterocycles. The predicted octanol–water partition coefficient (Wildman–Crippen LogP) is 1.88. The lowest BCUT2D eigenvalue weighted by molar-refractivity contribution is -0.124. The van der Waals surface area contributed by atoms with Gasteiger partial charge in [-0.25, -0.2) is 0 Å². The van der Waals surface area contributed by atoms with Crippen LogP contribution < -0.4 is 11.1 Å². The lowest BCUT2D eigenvalue weighted by Crippen LogP contribution is -2.54.